The van der Waals surface area contributed by atoms with Crippen LogP contribution >= 0.6 is 12.2 Å². The van der Waals surface area contributed by atoms with Gasteiger partial charge in [0.15, 0.2) is 5.11 Å². The summed E-state index contributed by atoms with van der Waals surface area (Å²) in [5.41, 5.74) is 9.29. The lowest BCUT2D eigenvalue weighted by Crippen LogP contribution is -2.29. The maximum absolute atomic E-state index is 5.94. The highest BCUT2D eigenvalue weighted by molar-refractivity contribution is 7.80. The van der Waals surface area contributed by atoms with Crippen molar-refractivity contribution < 1.29 is 4.74 Å². The molecule has 1 aliphatic heterocycles. The number of thiocarbonyl (C=S) groups is 1. The van der Waals surface area contributed by atoms with Crippen LogP contribution in [0.3, 0.4) is 0 Å². The molecular weight excluding hydrogens is 476 g/mol. The molecule has 5 rings (SSSR count). The van der Waals surface area contributed by atoms with Crippen LogP contribution in [0, 0.1) is 27.7 Å². The SMILES string of the molecule is Cc1cc(C)cc(-n2c(C)cc([C@@H]3[C@H](c4ccccn4)NC(=S)N3c3ccc(OC(C)C)cc3)c2C)c1. The van der Waals surface area contributed by atoms with Gasteiger partial charge in [0.1, 0.15) is 5.75 Å². The van der Waals surface area contributed by atoms with Crippen molar-refractivity contribution in [1.82, 2.24) is 14.9 Å². The van der Waals surface area contributed by atoms with Gasteiger partial charge >= 0.3 is 0 Å². The molecule has 2 aromatic heterocycles. The summed E-state index contributed by atoms with van der Waals surface area (Å²) in [6, 6.07) is 23.1. The van der Waals surface area contributed by atoms with Crippen molar-refractivity contribution in [2.24, 2.45) is 0 Å². The highest BCUT2D eigenvalue weighted by atomic mass is 32.1. The van der Waals surface area contributed by atoms with Crippen molar-refractivity contribution in [2.75, 3.05) is 4.90 Å². The highest BCUT2D eigenvalue weighted by Crippen LogP contribution is 2.44. The predicted molar refractivity (Wildman–Crippen MR) is 155 cm³/mol. The molecule has 6 heteroatoms. The Bertz CT molecular complexity index is 1410. The molecule has 1 N–H and O–H groups in total. The van der Waals surface area contributed by atoms with Gasteiger partial charge in [-0.3, -0.25) is 4.98 Å². The Morgan fingerprint density at radius 2 is 1.59 bits per heavy atom. The molecule has 1 fully saturated rings. The van der Waals surface area contributed by atoms with E-state index in [9.17, 15) is 0 Å². The van der Waals surface area contributed by atoms with Gasteiger partial charge < -0.3 is 19.5 Å². The van der Waals surface area contributed by atoms with E-state index in [1.165, 1.54) is 33.8 Å². The zero-order valence-corrected chi connectivity index (χ0v) is 23.1. The first-order valence-electron chi connectivity index (χ1n) is 12.8. The molecule has 2 aromatic carbocycles. The Hall–Kier alpha value is -3.64. The van der Waals surface area contributed by atoms with Crippen LogP contribution in [0.5, 0.6) is 5.75 Å². The topological polar surface area (TPSA) is 42.3 Å². The Kier molecular flexibility index (Phi) is 6.78. The van der Waals surface area contributed by atoms with Crippen molar-refractivity contribution in [2.45, 2.75) is 59.7 Å². The van der Waals surface area contributed by atoms with Crippen LogP contribution in [0.1, 0.15) is 59.7 Å². The molecule has 3 heterocycles. The third-order valence-corrected chi connectivity index (χ3v) is 7.15. The summed E-state index contributed by atoms with van der Waals surface area (Å²) in [5, 5.41) is 4.27. The van der Waals surface area contributed by atoms with E-state index in [1.807, 2.05) is 44.3 Å². The van der Waals surface area contributed by atoms with Gasteiger partial charge in [-0.1, -0.05) is 12.1 Å². The lowest BCUT2D eigenvalue weighted by atomic mass is 9.96. The van der Waals surface area contributed by atoms with E-state index in [1.54, 1.807) is 0 Å². The smallest absolute Gasteiger partial charge is 0.174 e. The van der Waals surface area contributed by atoms with E-state index in [0.29, 0.717) is 5.11 Å². The van der Waals surface area contributed by atoms with E-state index < -0.39 is 0 Å². The summed E-state index contributed by atoms with van der Waals surface area (Å²) < 4.78 is 8.24. The van der Waals surface area contributed by atoms with Gasteiger partial charge in [0.05, 0.1) is 23.9 Å². The second kappa shape index (κ2) is 10.0. The number of pyridine rings is 1. The maximum atomic E-state index is 5.94. The minimum atomic E-state index is -0.0894. The number of ether oxygens (including phenoxy) is 1. The standard InChI is InChI=1S/C31H34N4OS/c1-19(2)36-26-12-10-24(11-13-26)35-30(29(33-31(35)37)28-9-7-8-14-32-28)27-18-22(5)34(23(27)6)25-16-20(3)15-21(4)17-25/h7-19,29-30H,1-6H3,(H,33,37)/t29-,30+/m0/s1. The van der Waals surface area contributed by atoms with Crippen molar-refractivity contribution >= 4 is 23.0 Å². The molecule has 5 nitrogen and oxygen atoms in total. The number of anilines is 1. The quantitative estimate of drug-likeness (QED) is 0.281. The second-order valence-corrected chi connectivity index (χ2v) is 10.6. The molecule has 1 aliphatic rings. The maximum Gasteiger partial charge on any atom is 0.174 e. The predicted octanol–water partition coefficient (Wildman–Crippen LogP) is 7.07. The number of nitrogens with zero attached hydrogens (tertiary/aromatic N) is 3. The lowest BCUT2D eigenvalue weighted by molar-refractivity contribution is 0.242. The molecule has 4 aromatic rings. The molecule has 0 unspecified atom stereocenters. The average Bonchev–Trinajstić information content (AvgIpc) is 3.34. The lowest BCUT2D eigenvalue weighted by Gasteiger charge is -2.28. The van der Waals surface area contributed by atoms with Crippen LogP contribution in [0.15, 0.2) is 72.9 Å². The first-order valence-corrected chi connectivity index (χ1v) is 13.2. The van der Waals surface area contributed by atoms with Crippen molar-refractivity contribution in [3.63, 3.8) is 0 Å². The summed E-state index contributed by atoms with van der Waals surface area (Å²) in [7, 11) is 0. The summed E-state index contributed by atoms with van der Waals surface area (Å²) >= 11 is 5.94. The fourth-order valence-corrected chi connectivity index (χ4v) is 5.82. The van der Waals surface area contributed by atoms with Crippen LogP contribution < -0.4 is 15.0 Å². The van der Waals surface area contributed by atoms with Crippen molar-refractivity contribution in [1.29, 1.82) is 0 Å². The largest absolute Gasteiger partial charge is 0.491 e. The first kappa shape index (κ1) is 25.0. The minimum absolute atomic E-state index is 0.0647. The van der Waals surface area contributed by atoms with Gasteiger partial charge in [0.25, 0.3) is 0 Å². The zero-order chi connectivity index (χ0) is 26.3. The number of hydrogen-bond acceptors (Lipinski definition) is 3. The van der Waals surface area contributed by atoms with Crippen molar-refractivity contribution in [3.05, 3.63) is 107 Å². The van der Waals surface area contributed by atoms with E-state index in [4.69, 9.17) is 21.9 Å². The number of aromatic nitrogens is 2. The molecule has 0 bridgehead atoms. The molecule has 0 radical (unpaired) electrons. The van der Waals surface area contributed by atoms with Gasteiger partial charge in [0, 0.05) is 29.0 Å². The number of aryl methyl sites for hydroxylation is 3. The molecule has 1 saturated heterocycles. The molecular formula is C31H34N4OS. The molecule has 37 heavy (non-hydrogen) atoms. The fourth-order valence-electron chi connectivity index (χ4n) is 5.47. The van der Waals surface area contributed by atoms with Crippen LogP contribution in [0.25, 0.3) is 5.69 Å². The van der Waals surface area contributed by atoms with E-state index in [0.717, 1.165) is 17.1 Å². The van der Waals surface area contributed by atoms with Crippen LogP contribution in [-0.2, 0) is 0 Å². The Balaban J connectivity index is 1.64. The van der Waals surface area contributed by atoms with Crippen LogP contribution in [-0.4, -0.2) is 20.8 Å². The molecule has 0 aliphatic carbocycles. The van der Waals surface area contributed by atoms with E-state index in [-0.39, 0.29) is 18.2 Å². The van der Waals surface area contributed by atoms with Crippen LogP contribution in [0.2, 0.25) is 0 Å². The number of benzene rings is 2. The van der Waals surface area contributed by atoms with E-state index in [2.05, 4.69) is 84.9 Å². The summed E-state index contributed by atoms with van der Waals surface area (Å²) in [4.78, 5) is 6.93. The number of rotatable bonds is 6. The Labute approximate surface area is 225 Å². The molecule has 0 spiro atoms. The fraction of sp³-hybridized carbons (Fsp3) is 0.290. The monoisotopic (exact) mass is 510 g/mol. The van der Waals surface area contributed by atoms with E-state index >= 15 is 0 Å². The normalized spacial score (nSPS) is 17.4. The summed E-state index contributed by atoms with van der Waals surface area (Å²) in [5.74, 6) is 0.850. The Morgan fingerprint density at radius 1 is 0.892 bits per heavy atom. The molecule has 2 atom stereocenters. The van der Waals surface area contributed by atoms with Gasteiger partial charge in [-0.25, -0.2) is 0 Å². The second-order valence-electron chi connectivity index (χ2n) is 10.2. The molecule has 190 valence electrons. The Morgan fingerprint density at radius 3 is 2.22 bits per heavy atom. The third-order valence-electron chi connectivity index (χ3n) is 6.84. The summed E-state index contributed by atoms with van der Waals surface area (Å²) in [6.45, 7) is 12.7. The number of hydrogen-bond donors (Lipinski definition) is 1. The third kappa shape index (κ3) is 4.86. The van der Waals surface area contributed by atoms with Gasteiger partial charge in [-0.15, -0.1) is 0 Å². The average molecular weight is 511 g/mol. The van der Waals surface area contributed by atoms with Crippen LogP contribution in [0.4, 0.5) is 5.69 Å². The summed E-state index contributed by atoms with van der Waals surface area (Å²) in [6.07, 6.45) is 1.97. The minimum Gasteiger partial charge on any atom is -0.491 e. The van der Waals surface area contributed by atoms with Crippen molar-refractivity contribution in [3.8, 4) is 11.4 Å². The van der Waals surface area contributed by atoms with Gasteiger partial charge in [0.2, 0.25) is 0 Å². The molecule has 0 saturated carbocycles. The number of nitrogens with one attached hydrogen (secondary N) is 1. The van der Waals surface area contributed by atoms with Gasteiger partial charge in [-0.05, 0) is 125 Å². The molecule has 0 amide bonds. The van der Waals surface area contributed by atoms with Gasteiger partial charge in [-0.2, -0.15) is 0 Å². The highest BCUT2D eigenvalue weighted by Gasteiger charge is 2.42. The zero-order valence-electron chi connectivity index (χ0n) is 22.3. The first-order chi connectivity index (χ1) is 17.7.